The summed E-state index contributed by atoms with van der Waals surface area (Å²) in [7, 11) is 0. The van der Waals surface area contributed by atoms with Crippen molar-refractivity contribution in [2.24, 2.45) is 0 Å². The van der Waals surface area contributed by atoms with E-state index in [1.165, 1.54) is 0 Å². The van der Waals surface area contributed by atoms with Crippen LogP contribution in [0.2, 0.25) is 0 Å². The van der Waals surface area contributed by atoms with E-state index in [2.05, 4.69) is 6.07 Å². The first-order valence-electron chi connectivity index (χ1n) is 10.5. The first-order valence-corrected chi connectivity index (χ1v) is 10.5. The van der Waals surface area contributed by atoms with Gasteiger partial charge in [-0.1, -0.05) is 54.6 Å². The molecule has 1 N–H and O–H groups in total. The summed E-state index contributed by atoms with van der Waals surface area (Å²) in [6.07, 6.45) is -1.25. The average molecular weight is 434 g/mol. The standard InChI is InChI=1S/C26H26O6/c27-23-17-29-15-21-8-1-3-10-25(21)31-13-19-6-5-7-20(12-19)14-32-26-11-4-2-9-22(26)16-30-18-24(23)28/h1-12,23,27H,13-18H2. The number of carbonyl (C=O) groups excluding carboxylic acids is 1. The summed E-state index contributed by atoms with van der Waals surface area (Å²) < 4.78 is 23.2. The molecule has 1 atom stereocenters. The Morgan fingerprint density at radius 2 is 1.22 bits per heavy atom. The highest BCUT2D eigenvalue weighted by Gasteiger charge is 2.17. The number of Topliss-reactive ketones (excluding diaryl/α,β-unsaturated/α-hetero) is 1. The molecule has 0 fully saturated rings. The minimum atomic E-state index is -1.25. The number of hydrogen-bond donors (Lipinski definition) is 1. The van der Waals surface area contributed by atoms with E-state index >= 15 is 0 Å². The third kappa shape index (κ3) is 5.95. The summed E-state index contributed by atoms with van der Waals surface area (Å²) in [4.78, 5) is 12.2. The third-order valence-electron chi connectivity index (χ3n) is 5.13. The zero-order valence-corrected chi connectivity index (χ0v) is 17.7. The number of ether oxygens (including phenoxy) is 4. The highest BCUT2D eigenvalue weighted by Crippen LogP contribution is 2.23. The molecule has 1 aliphatic rings. The van der Waals surface area contributed by atoms with Gasteiger partial charge >= 0.3 is 0 Å². The molecule has 1 heterocycles. The second kappa shape index (κ2) is 10.9. The number of ketones is 1. The zero-order chi connectivity index (χ0) is 22.2. The van der Waals surface area contributed by atoms with E-state index in [9.17, 15) is 9.90 Å². The topological polar surface area (TPSA) is 74.2 Å². The fourth-order valence-electron chi connectivity index (χ4n) is 3.39. The predicted molar refractivity (Wildman–Crippen MR) is 118 cm³/mol. The molecule has 0 spiro atoms. The van der Waals surface area contributed by atoms with Crippen molar-refractivity contribution in [1.29, 1.82) is 0 Å². The van der Waals surface area contributed by atoms with E-state index in [-0.39, 0.29) is 26.4 Å². The van der Waals surface area contributed by atoms with Crippen molar-refractivity contribution in [2.45, 2.75) is 32.5 Å². The van der Waals surface area contributed by atoms with Gasteiger partial charge in [0.15, 0.2) is 5.78 Å². The molecule has 166 valence electrons. The lowest BCUT2D eigenvalue weighted by Crippen LogP contribution is -2.29. The number of carbonyl (C=O) groups is 1. The Bertz CT molecular complexity index is 1050. The van der Waals surface area contributed by atoms with Crippen LogP contribution in [0.3, 0.4) is 0 Å². The minimum Gasteiger partial charge on any atom is -0.489 e. The number of aliphatic hydroxyl groups is 1. The normalized spacial score (nSPS) is 18.0. The average Bonchev–Trinajstić information content (AvgIpc) is 2.82. The van der Waals surface area contributed by atoms with Crippen molar-refractivity contribution in [3.8, 4) is 11.5 Å². The van der Waals surface area contributed by atoms with E-state index in [0.29, 0.717) is 24.7 Å². The molecule has 0 saturated heterocycles. The van der Waals surface area contributed by atoms with Crippen molar-refractivity contribution in [3.63, 3.8) is 0 Å². The van der Waals surface area contributed by atoms with Crippen molar-refractivity contribution in [2.75, 3.05) is 13.2 Å². The molecule has 3 aromatic rings. The van der Waals surface area contributed by atoms with Crippen LogP contribution in [0.25, 0.3) is 0 Å². The van der Waals surface area contributed by atoms with Crippen molar-refractivity contribution < 1.29 is 28.8 Å². The molecule has 0 radical (unpaired) electrons. The molecule has 32 heavy (non-hydrogen) atoms. The first kappa shape index (κ1) is 22.0. The Labute approximate surface area is 187 Å². The minimum absolute atomic E-state index is 0.113. The third-order valence-corrected chi connectivity index (χ3v) is 5.13. The van der Waals surface area contributed by atoms with Gasteiger partial charge in [-0.15, -0.1) is 0 Å². The Morgan fingerprint density at radius 3 is 1.84 bits per heavy atom. The maximum absolute atomic E-state index is 12.2. The van der Waals surface area contributed by atoms with Crippen LogP contribution in [0.5, 0.6) is 11.5 Å². The lowest BCUT2D eigenvalue weighted by molar-refractivity contribution is -0.135. The van der Waals surface area contributed by atoms with Crippen LogP contribution >= 0.6 is 0 Å². The SMILES string of the molecule is O=C1COCc2ccccc2OCc2cccc(c2)COc2ccccc2COCC1O. The molecule has 0 amide bonds. The van der Waals surface area contributed by atoms with Gasteiger partial charge in [-0.2, -0.15) is 0 Å². The monoisotopic (exact) mass is 434 g/mol. The molecule has 4 rings (SSSR count). The van der Waals surface area contributed by atoms with Gasteiger partial charge in [-0.05, 0) is 29.3 Å². The van der Waals surface area contributed by atoms with Gasteiger partial charge in [0.1, 0.15) is 37.4 Å². The number of fused-ring (bicyclic) bond motifs is 4. The van der Waals surface area contributed by atoms with E-state index < -0.39 is 11.9 Å². The van der Waals surface area contributed by atoms with Gasteiger partial charge in [0.05, 0.1) is 19.8 Å². The van der Waals surface area contributed by atoms with Crippen LogP contribution in [-0.4, -0.2) is 30.2 Å². The maximum Gasteiger partial charge on any atom is 0.189 e. The zero-order valence-electron chi connectivity index (χ0n) is 17.7. The molecular weight excluding hydrogens is 408 g/mol. The van der Waals surface area contributed by atoms with E-state index in [1.807, 2.05) is 66.7 Å². The van der Waals surface area contributed by atoms with Crippen molar-refractivity contribution >= 4 is 5.78 Å². The van der Waals surface area contributed by atoms with Gasteiger partial charge in [0, 0.05) is 11.1 Å². The molecule has 1 unspecified atom stereocenters. The Kier molecular flexibility index (Phi) is 7.51. The van der Waals surface area contributed by atoms with Crippen LogP contribution < -0.4 is 9.47 Å². The molecule has 6 nitrogen and oxygen atoms in total. The van der Waals surface area contributed by atoms with E-state index in [1.54, 1.807) is 0 Å². The number of hydrogen-bond acceptors (Lipinski definition) is 6. The molecule has 2 bridgehead atoms. The lowest BCUT2D eigenvalue weighted by atomic mass is 10.1. The van der Waals surface area contributed by atoms with Crippen LogP contribution in [0.15, 0.2) is 72.8 Å². The quantitative estimate of drug-likeness (QED) is 0.580. The maximum atomic E-state index is 12.2. The first-order chi connectivity index (χ1) is 15.7. The van der Waals surface area contributed by atoms with Gasteiger partial charge in [0.25, 0.3) is 0 Å². The molecule has 6 heteroatoms. The number of para-hydroxylation sites is 2. The fraction of sp³-hybridized carbons (Fsp3) is 0.269. The summed E-state index contributed by atoms with van der Waals surface area (Å²) in [5, 5.41) is 10.1. The van der Waals surface area contributed by atoms with E-state index in [4.69, 9.17) is 18.9 Å². The van der Waals surface area contributed by atoms with Crippen molar-refractivity contribution in [3.05, 3.63) is 95.1 Å². The molecular formula is C26H26O6. The van der Waals surface area contributed by atoms with Crippen LogP contribution in [0.1, 0.15) is 22.3 Å². The summed E-state index contributed by atoms with van der Waals surface area (Å²) >= 11 is 0. The highest BCUT2D eigenvalue weighted by atomic mass is 16.5. The van der Waals surface area contributed by atoms with Gasteiger partial charge in [0.2, 0.25) is 0 Å². The summed E-state index contributed by atoms with van der Waals surface area (Å²) in [5.41, 5.74) is 3.72. The Balaban J connectivity index is 1.55. The van der Waals surface area contributed by atoms with Gasteiger partial charge < -0.3 is 24.1 Å². The smallest absolute Gasteiger partial charge is 0.189 e. The molecule has 1 aliphatic heterocycles. The number of rotatable bonds is 0. The molecule has 3 aromatic carbocycles. The Hall–Kier alpha value is -3.19. The summed E-state index contributed by atoms with van der Waals surface area (Å²) in [6, 6.07) is 23.2. The van der Waals surface area contributed by atoms with Crippen LogP contribution in [0.4, 0.5) is 0 Å². The fourth-order valence-corrected chi connectivity index (χ4v) is 3.39. The molecule has 0 aliphatic carbocycles. The lowest BCUT2D eigenvalue weighted by Gasteiger charge is -2.14. The second-order valence-corrected chi connectivity index (χ2v) is 7.60. The Morgan fingerprint density at radius 1 is 0.656 bits per heavy atom. The van der Waals surface area contributed by atoms with Crippen molar-refractivity contribution in [1.82, 2.24) is 0 Å². The largest absolute Gasteiger partial charge is 0.489 e. The highest BCUT2D eigenvalue weighted by molar-refractivity contribution is 5.84. The summed E-state index contributed by atoms with van der Waals surface area (Å²) in [5.74, 6) is 0.962. The predicted octanol–water partition coefficient (Wildman–Crippen LogP) is 3.82. The number of aliphatic hydroxyl groups excluding tert-OH is 1. The van der Waals surface area contributed by atoms with Crippen LogP contribution in [-0.2, 0) is 40.7 Å². The van der Waals surface area contributed by atoms with E-state index in [0.717, 1.165) is 22.3 Å². The molecule has 0 saturated carbocycles. The number of benzene rings is 3. The molecule has 0 aromatic heterocycles. The van der Waals surface area contributed by atoms with Gasteiger partial charge in [-0.25, -0.2) is 0 Å². The van der Waals surface area contributed by atoms with Crippen LogP contribution in [0, 0.1) is 0 Å². The van der Waals surface area contributed by atoms with Gasteiger partial charge in [-0.3, -0.25) is 4.79 Å². The second-order valence-electron chi connectivity index (χ2n) is 7.60. The summed E-state index contributed by atoms with van der Waals surface area (Å²) in [6.45, 7) is 0.904.